The maximum atomic E-state index is 10.5. The number of hydrogen-bond donors (Lipinski definition) is 1. The largest absolute Gasteiger partial charge is 0.387 e. The number of aliphatic hydroxyl groups is 1. The predicted octanol–water partition coefficient (Wildman–Crippen LogP) is 3.02. The van der Waals surface area contributed by atoms with Gasteiger partial charge in [-0.1, -0.05) is 42.6 Å². The topological polar surface area (TPSA) is 32.7 Å². The lowest BCUT2D eigenvalue weighted by molar-refractivity contribution is -0.0974. The van der Waals surface area contributed by atoms with Crippen molar-refractivity contribution in [1.82, 2.24) is 4.90 Å². The summed E-state index contributed by atoms with van der Waals surface area (Å²) in [5, 5.41) is 11.1. The molecule has 0 bridgehead atoms. The number of hydrogen-bond acceptors (Lipinski definition) is 3. The van der Waals surface area contributed by atoms with E-state index in [2.05, 4.69) is 4.90 Å². The summed E-state index contributed by atoms with van der Waals surface area (Å²) in [6.45, 7) is 2.33. The van der Waals surface area contributed by atoms with E-state index in [1.165, 1.54) is 19.3 Å². The first-order chi connectivity index (χ1) is 9.75. The van der Waals surface area contributed by atoms with Crippen LogP contribution in [-0.4, -0.2) is 41.8 Å². The Hall–Kier alpha value is -0.610. The second-order valence-electron chi connectivity index (χ2n) is 5.79. The van der Waals surface area contributed by atoms with Crippen LogP contribution in [0.2, 0.25) is 5.02 Å². The number of ether oxygens (including phenoxy) is 1. The second kappa shape index (κ2) is 6.44. The molecule has 1 aliphatic heterocycles. The van der Waals surface area contributed by atoms with Gasteiger partial charge in [0.15, 0.2) is 0 Å². The van der Waals surface area contributed by atoms with Gasteiger partial charge >= 0.3 is 0 Å². The lowest BCUT2D eigenvalue weighted by atomic mass is 9.89. The zero-order chi connectivity index (χ0) is 13.9. The summed E-state index contributed by atoms with van der Waals surface area (Å²) in [5.41, 5.74) is 0.827. The summed E-state index contributed by atoms with van der Waals surface area (Å²) in [6.07, 6.45) is 4.70. The second-order valence-corrected chi connectivity index (χ2v) is 6.20. The number of rotatable bonds is 3. The van der Waals surface area contributed by atoms with E-state index in [9.17, 15) is 5.11 Å². The molecule has 0 spiro atoms. The van der Waals surface area contributed by atoms with Crippen molar-refractivity contribution in [3.05, 3.63) is 34.9 Å². The average Bonchev–Trinajstić information content (AvgIpc) is 2.48. The first-order valence-corrected chi connectivity index (χ1v) is 7.91. The van der Waals surface area contributed by atoms with Crippen LogP contribution in [0.5, 0.6) is 0 Å². The third-order valence-electron chi connectivity index (χ3n) is 4.52. The molecule has 1 N–H and O–H groups in total. The summed E-state index contributed by atoms with van der Waals surface area (Å²) >= 11 is 6.17. The number of aliphatic hydroxyl groups excluding tert-OH is 1. The van der Waals surface area contributed by atoms with E-state index < -0.39 is 6.10 Å². The minimum absolute atomic E-state index is 0.357. The Balaban J connectivity index is 1.68. The minimum Gasteiger partial charge on any atom is -0.387 e. The highest BCUT2D eigenvalue weighted by molar-refractivity contribution is 6.31. The normalized spacial score (nSPS) is 28.9. The molecule has 110 valence electrons. The molecule has 4 heteroatoms. The van der Waals surface area contributed by atoms with Gasteiger partial charge in [-0.3, -0.25) is 4.90 Å². The van der Waals surface area contributed by atoms with Crippen LogP contribution in [0, 0.1) is 0 Å². The highest BCUT2D eigenvalue weighted by Gasteiger charge is 2.35. The van der Waals surface area contributed by atoms with E-state index in [-0.39, 0.29) is 0 Å². The van der Waals surface area contributed by atoms with Crippen LogP contribution in [0.25, 0.3) is 0 Å². The number of fused-ring (bicyclic) bond motifs is 1. The molecule has 0 radical (unpaired) electrons. The molecule has 2 fully saturated rings. The molecule has 1 aliphatic carbocycles. The molecule has 1 saturated heterocycles. The van der Waals surface area contributed by atoms with Gasteiger partial charge in [-0.2, -0.15) is 0 Å². The van der Waals surface area contributed by atoms with E-state index in [1.54, 1.807) is 0 Å². The number of benzene rings is 1. The Morgan fingerprint density at radius 2 is 2.10 bits per heavy atom. The molecule has 0 aromatic heterocycles. The molecule has 1 heterocycles. The van der Waals surface area contributed by atoms with Crippen LogP contribution < -0.4 is 0 Å². The molecule has 1 saturated carbocycles. The Morgan fingerprint density at radius 1 is 1.30 bits per heavy atom. The van der Waals surface area contributed by atoms with Gasteiger partial charge in [-0.05, 0) is 18.9 Å². The molecule has 3 unspecified atom stereocenters. The van der Waals surface area contributed by atoms with Gasteiger partial charge in [0.1, 0.15) is 0 Å². The zero-order valence-electron chi connectivity index (χ0n) is 11.7. The van der Waals surface area contributed by atoms with Gasteiger partial charge < -0.3 is 9.84 Å². The summed E-state index contributed by atoms with van der Waals surface area (Å²) in [7, 11) is 0. The van der Waals surface area contributed by atoms with Crippen LogP contribution in [-0.2, 0) is 4.74 Å². The van der Waals surface area contributed by atoms with Crippen LogP contribution >= 0.6 is 11.6 Å². The SMILES string of the molecule is OC(CN1CCOC2CCCCC21)c1ccccc1Cl. The minimum atomic E-state index is -0.524. The number of nitrogens with zero attached hydrogens (tertiary/aromatic N) is 1. The fourth-order valence-electron chi connectivity index (χ4n) is 3.47. The predicted molar refractivity (Wildman–Crippen MR) is 80.0 cm³/mol. The average molecular weight is 296 g/mol. The van der Waals surface area contributed by atoms with Crippen molar-refractivity contribution >= 4 is 11.6 Å². The number of halogens is 1. The fraction of sp³-hybridized carbons (Fsp3) is 0.625. The van der Waals surface area contributed by atoms with Gasteiger partial charge in [0.05, 0.1) is 18.8 Å². The summed E-state index contributed by atoms with van der Waals surface area (Å²) in [5.74, 6) is 0. The van der Waals surface area contributed by atoms with Crippen molar-refractivity contribution in [3.63, 3.8) is 0 Å². The molecule has 20 heavy (non-hydrogen) atoms. The van der Waals surface area contributed by atoms with Crippen molar-refractivity contribution < 1.29 is 9.84 Å². The number of morpholine rings is 1. The lowest BCUT2D eigenvalue weighted by Crippen LogP contribution is -2.53. The highest BCUT2D eigenvalue weighted by Crippen LogP contribution is 2.31. The zero-order valence-corrected chi connectivity index (χ0v) is 12.4. The monoisotopic (exact) mass is 295 g/mol. The Morgan fingerprint density at radius 3 is 2.95 bits per heavy atom. The Kier molecular flexibility index (Phi) is 4.61. The molecule has 3 nitrogen and oxygen atoms in total. The standard InChI is InChI=1S/C16H22ClNO2/c17-13-6-2-1-5-12(13)15(19)11-18-9-10-20-16-8-4-3-7-14(16)18/h1-2,5-6,14-16,19H,3-4,7-11H2. The molecule has 2 aliphatic rings. The molecule has 3 rings (SSSR count). The quantitative estimate of drug-likeness (QED) is 0.930. The molecule has 3 atom stereocenters. The van der Waals surface area contributed by atoms with E-state index >= 15 is 0 Å². The maximum absolute atomic E-state index is 10.5. The lowest BCUT2D eigenvalue weighted by Gasteiger charge is -2.44. The van der Waals surface area contributed by atoms with Crippen LogP contribution in [0.15, 0.2) is 24.3 Å². The Bertz CT molecular complexity index is 452. The molecular formula is C16H22ClNO2. The first-order valence-electron chi connectivity index (χ1n) is 7.54. The van der Waals surface area contributed by atoms with Crippen LogP contribution in [0.1, 0.15) is 37.4 Å². The molecular weight excluding hydrogens is 274 g/mol. The van der Waals surface area contributed by atoms with Gasteiger partial charge in [-0.25, -0.2) is 0 Å². The smallest absolute Gasteiger partial charge is 0.0931 e. The van der Waals surface area contributed by atoms with Crippen molar-refractivity contribution in [3.8, 4) is 0 Å². The van der Waals surface area contributed by atoms with Crippen molar-refractivity contribution in [2.24, 2.45) is 0 Å². The molecule has 0 amide bonds. The van der Waals surface area contributed by atoms with Crippen molar-refractivity contribution in [2.45, 2.75) is 43.9 Å². The van der Waals surface area contributed by atoms with E-state index in [1.807, 2.05) is 24.3 Å². The molecule has 1 aromatic carbocycles. The number of β-amino-alcohol motifs (C(OH)–C–C–N with tert-alkyl or cyclic N) is 1. The van der Waals surface area contributed by atoms with Gasteiger partial charge in [0, 0.05) is 29.7 Å². The van der Waals surface area contributed by atoms with Crippen molar-refractivity contribution in [1.29, 1.82) is 0 Å². The molecule has 1 aromatic rings. The first kappa shape index (κ1) is 14.3. The van der Waals surface area contributed by atoms with Gasteiger partial charge in [0.25, 0.3) is 0 Å². The van der Waals surface area contributed by atoms with Crippen molar-refractivity contribution in [2.75, 3.05) is 19.7 Å². The summed E-state index contributed by atoms with van der Waals surface area (Å²) < 4.78 is 5.87. The van der Waals surface area contributed by atoms with E-state index in [0.29, 0.717) is 23.7 Å². The fourth-order valence-corrected chi connectivity index (χ4v) is 3.73. The van der Waals surface area contributed by atoms with E-state index in [0.717, 1.165) is 25.1 Å². The van der Waals surface area contributed by atoms with Crippen LogP contribution in [0.3, 0.4) is 0 Å². The maximum Gasteiger partial charge on any atom is 0.0931 e. The van der Waals surface area contributed by atoms with E-state index in [4.69, 9.17) is 16.3 Å². The van der Waals surface area contributed by atoms with Crippen LogP contribution in [0.4, 0.5) is 0 Å². The summed E-state index contributed by atoms with van der Waals surface area (Å²) in [6, 6.07) is 8.03. The Labute approximate surface area is 125 Å². The third kappa shape index (κ3) is 3.01. The van der Waals surface area contributed by atoms with Gasteiger partial charge in [0.2, 0.25) is 0 Å². The third-order valence-corrected chi connectivity index (χ3v) is 4.86. The summed E-state index contributed by atoms with van der Waals surface area (Å²) in [4.78, 5) is 2.39. The van der Waals surface area contributed by atoms with Gasteiger partial charge in [-0.15, -0.1) is 0 Å². The highest BCUT2D eigenvalue weighted by atomic mass is 35.5.